The van der Waals surface area contributed by atoms with E-state index in [9.17, 15) is 21.6 Å². The number of nitrogens with one attached hydrogen (secondary N) is 2. The molecule has 0 radical (unpaired) electrons. The Kier molecular flexibility index (Phi) is 7.91. The molecule has 1 fully saturated rings. The molecule has 1 amide bonds. The van der Waals surface area contributed by atoms with Gasteiger partial charge in [0.25, 0.3) is 0 Å². The van der Waals surface area contributed by atoms with Crippen molar-refractivity contribution in [2.24, 2.45) is 11.1 Å². The number of carbonyl (C=O) groups excluding carboxylic acids is 1. The van der Waals surface area contributed by atoms with Crippen molar-refractivity contribution in [1.29, 1.82) is 0 Å². The number of sulfonamides is 2. The zero-order chi connectivity index (χ0) is 24.2. The summed E-state index contributed by atoms with van der Waals surface area (Å²) in [6.45, 7) is 5.33. The van der Waals surface area contributed by atoms with Gasteiger partial charge in [0.05, 0.1) is 15.8 Å². The molecular formula is C22H30N4O5S2. The van der Waals surface area contributed by atoms with Crippen LogP contribution in [0.2, 0.25) is 0 Å². The Bertz CT molecular complexity index is 1180. The zero-order valence-corrected chi connectivity index (χ0v) is 20.3. The fourth-order valence-electron chi connectivity index (χ4n) is 3.78. The molecule has 33 heavy (non-hydrogen) atoms. The standard InChI is InChI=1S/C22H30N4O5S2/c1-16-5-9-21(10-6-16)33(30,31)24-14-18-4-3-13-26(15-18)17(2)22(27)25-19-7-11-20(12-8-19)32(23,28)29/h5-12,17-18,24H,3-4,13-15H2,1-2H3,(H,25,27)(H2,23,28,29). The Balaban J connectivity index is 1.55. The molecule has 2 atom stereocenters. The number of aryl methyl sites for hydroxylation is 1. The smallest absolute Gasteiger partial charge is 0.241 e. The van der Waals surface area contributed by atoms with E-state index < -0.39 is 26.1 Å². The number of piperidine rings is 1. The summed E-state index contributed by atoms with van der Waals surface area (Å²) in [5.41, 5.74) is 1.46. The minimum atomic E-state index is -3.79. The monoisotopic (exact) mass is 494 g/mol. The van der Waals surface area contributed by atoms with Crippen molar-refractivity contribution in [1.82, 2.24) is 9.62 Å². The van der Waals surface area contributed by atoms with Crippen molar-refractivity contribution in [2.75, 3.05) is 25.0 Å². The van der Waals surface area contributed by atoms with Crippen LogP contribution in [-0.4, -0.2) is 53.3 Å². The predicted molar refractivity (Wildman–Crippen MR) is 127 cm³/mol. The Morgan fingerprint density at radius 1 is 1.06 bits per heavy atom. The van der Waals surface area contributed by atoms with Gasteiger partial charge in [-0.15, -0.1) is 0 Å². The molecule has 0 saturated carbocycles. The summed E-state index contributed by atoms with van der Waals surface area (Å²) in [5.74, 6) is -0.137. The van der Waals surface area contributed by atoms with Gasteiger partial charge in [-0.1, -0.05) is 17.7 Å². The molecule has 0 spiro atoms. The lowest BCUT2D eigenvalue weighted by atomic mass is 9.97. The van der Waals surface area contributed by atoms with Gasteiger partial charge in [-0.2, -0.15) is 0 Å². The average Bonchev–Trinajstić information content (AvgIpc) is 2.77. The average molecular weight is 495 g/mol. The number of nitrogens with two attached hydrogens (primary N) is 1. The van der Waals surface area contributed by atoms with Crippen LogP contribution in [0.15, 0.2) is 58.3 Å². The van der Waals surface area contributed by atoms with Crippen molar-refractivity contribution in [3.05, 3.63) is 54.1 Å². The molecule has 0 aliphatic carbocycles. The van der Waals surface area contributed by atoms with Gasteiger partial charge in [0.1, 0.15) is 0 Å². The summed E-state index contributed by atoms with van der Waals surface area (Å²) in [6, 6.07) is 11.9. The van der Waals surface area contributed by atoms with Crippen LogP contribution in [0.3, 0.4) is 0 Å². The molecule has 1 aliphatic heterocycles. The van der Waals surface area contributed by atoms with E-state index in [-0.39, 0.29) is 21.6 Å². The van der Waals surface area contributed by atoms with Crippen molar-refractivity contribution in [3.63, 3.8) is 0 Å². The number of carbonyl (C=O) groups is 1. The predicted octanol–water partition coefficient (Wildman–Crippen LogP) is 1.66. The summed E-state index contributed by atoms with van der Waals surface area (Å²) < 4.78 is 50.5. The minimum absolute atomic E-state index is 0.0273. The number of likely N-dealkylation sites (tertiary alicyclic amines) is 1. The first kappa shape index (κ1) is 25.3. The van der Waals surface area contributed by atoms with E-state index in [4.69, 9.17) is 5.14 Å². The van der Waals surface area contributed by atoms with Gasteiger partial charge in [0.2, 0.25) is 26.0 Å². The molecule has 1 aliphatic rings. The molecule has 0 aromatic heterocycles. The fourth-order valence-corrected chi connectivity index (χ4v) is 5.42. The second-order valence-electron chi connectivity index (χ2n) is 8.40. The third-order valence-corrected chi connectivity index (χ3v) is 8.19. The van der Waals surface area contributed by atoms with Crippen LogP contribution in [0.1, 0.15) is 25.3 Å². The van der Waals surface area contributed by atoms with Crippen LogP contribution in [0, 0.1) is 12.8 Å². The molecular weight excluding hydrogens is 464 g/mol. The second kappa shape index (κ2) is 10.3. The van der Waals surface area contributed by atoms with Gasteiger partial charge in [-0.25, -0.2) is 26.7 Å². The molecule has 2 aromatic carbocycles. The molecule has 180 valence electrons. The van der Waals surface area contributed by atoms with Crippen LogP contribution in [-0.2, 0) is 24.8 Å². The van der Waals surface area contributed by atoms with Gasteiger partial charge < -0.3 is 5.32 Å². The number of hydrogen-bond acceptors (Lipinski definition) is 6. The molecule has 9 nitrogen and oxygen atoms in total. The maximum absolute atomic E-state index is 12.7. The van der Waals surface area contributed by atoms with Crippen molar-refractivity contribution in [2.45, 2.75) is 42.5 Å². The normalized spacial score (nSPS) is 18.6. The van der Waals surface area contributed by atoms with Crippen LogP contribution in [0.4, 0.5) is 5.69 Å². The van der Waals surface area contributed by atoms with Crippen LogP contribution < -0.4 is 15.2 Å². The van der Waals surface area contributed by atoms with Gasteiger partial charge in [0, 0.05) is 18.8 Å². The minimum Gasteiger partial charge on any atom is -0.325 e. The highest BCUT2D eigenvalue weighted by molar-refractivity contribution is 7.89. The van der Waals surface area contributed by atoms with E-state index in [0.717, 1.165) is 24.9 Å². The summed E-state index contributed by atoms with van der Waals surface area (Å²) in [7, 11) is -7.38. The third-order valence-electron chi connectivity index (χ3n) is 5.82. The highest BCUT2D eigenvalue weighted by atomic mass is 32.2. The van der Waals surface area contributed by atoms with Gasteiger partial charge >= 0.3 is 0 Å². The molecule has 1 saturated heterocycles. The first-order chi connectivity index (χ1) is 15.5. The summed E-state index contributed by atoms with van der Waals surface area (Å²) >= 11 is 0. The Morgan fingerprint density at radius 2 is 1.67 bits per heavy atom. The lowest BCUT2D eigenvalue weighted by Gasteiger charge is -2.36. The number of rotatable bonds is 8. The Labute approximate surface area is 195 Å². The summed E-state index contributed by atoms with van der Waals surface area (Å²) in [5, 5.41) is 7.88. The fraction of sp³-hybridized carbons (Fsp3) is 0.409. The SMILES string of the molecule is Cc1ccc(S(=O)(=O)NCC2CCCN(C(C)C(=O)Nc3ccc(S(N)(=O)=O)cc3)C2)cc1. The van der Waals surface area contributed by atoms with Crippen molar-refractivity contribution >= 4 is 31.6 Å². The van der Waals surface area contributed by atoms with Crippen LogP contribution in [0.25, 0.3) is 0 Å². The van der Waals surface area contributed by atoms with Gasteiger partial charge in [0.15, 0.2) is 0 Å². The quantitative estimate of drug-likeness (QED) is 0.510. The zero-order valence-electron chi connectivity index (χ0n) is 18.7. The third kappa shape index (κ3) is 6.84. The van der Waals surface area contributed by atoms with E-state index in [1.54, 1.807) is 31.2 Å². The highest BCUT2D eigenvalue weighted by Crippen LogP contribution is 2.20. The number of nitrogens with zero attached hydrogens (tertiary/aromatic N) is 1. The van der Waals surface area contributed by atoms with Gasteiger partial charge in [-0.3, -0.25) is 9.69 Å². The maximum Gasteiger partial charge on any atom is 0.241 e. The topological polar surface area (TPSA) is 139 Å². The van der Waals surface area contributed by atoms with E-state index in [2.05, 4.69) is 10.0 Å². The van der Waals surface area contributed by atoms with E-state index in [0.29, 0.717) is 18.8 Å². The largest absolute Gasteiger partial charge is 0.325 e. The number of hydrogen-bond donors (Lipinski definition) is 3. The molecule has 2 aromatic rings. The molecule has 1 heterocycles. The van der Waals surface area contributed by atoms with E-state index in [1.165, 1.54) is 24.3 Å². The lowest BCUT2D eigenvalue weighted by Crippen LogP contribution is -2.48. The summed E-state index contributed by atoms with van der Waals surface area (Å²) in [4.78, 5) is 15.0. The second-order valence-corrected chi connectivity index (χ2v) is 11.7. The highest BCUT2D eigenvalue weighted by Gasteiger charge is 2.28. The molecule has 11 heteroatoms. The van der Waals surface area contributed by atoms with Crippen LogP contribution >= 0.6 is 0 Å². The van der Waals surface area contributed by atoms with Gasteiger partial charge in [-0.05, 0) is 75.5 Å². The summed E-state index contributed by atoms with van der Waals surface area (Å²) in [6.07, 6.45) is 1.73. The molecule has 4 N–H and O–H groups in total. The number of anilines is 1. The molecule has 2 unspecified atom stereocenters. The van der Waals surface area contributed by atoms with E-state index >= 15 is 0 Å². The maximum atomic E-state index is 12.7. The Hall–Kier alpha value is -2.31. The van der Waals surface area contributed by atoms with E-state index in [1.807, 2.05) is 11.8 Å². The molecule has 0 bridgehead atoms. The number of benzene rings is 2. The first-order valence-corrected chi connectivity index (χ1v) is 13.7. The number of amides is 1. The lowest BCUT2D eigenvalue weighted by molar-refractivity contribution is -0.121. The number of primary sulfonamides is 1. The van der Waals surface area contributed by atoms with Crippen LogP contribution in [0.5, 0.6) is 0 Å². The first-order valence-electron chi connectivity index (χ1n) is 10.7. The molecule has 3 rings (SSSR count). The Morgan fingerprint density at radius 3 is 2.27 bits per heavy atom. The van der Waals surface area contributed by atoms with Crippen molar-refractivity contribution < 1.29 is 21.6 Å². The van der Waals surface area contributed by atoms with Crippen molar-refractivity contribution in [3.8, 4) is 0 Å².